The number of thiazole rings is 1. The van der Waals surface area contributed by atoms with Crippen molar-refractivity contribution in [2.45, 2.75) is 0 Å². The molecule has 1 aromatic heterocycles. The molecule has 0 saturated carbocycles. The monoisotopic (exact) mass is 243 g/mol. The van der Waals surface area contributed by atoms with Crippen molar-refractivity contribution in [3.63, 3.8) is 0 Å². The normalized spacial score (nSPS) is 10.3. The largest absolute Gasteiger partial charge is 0.389 e. The van der Waals surface area contributed by atoms with Gasteiger partial charge in [0.15, 0.2) is 5.13 Å². The SMILES string of the molecule is Nc1cnc(Nc2cc(F)ccc2Cl)s1. The first-order chi connectivity index (χ1) is 7.15. The lowest BCUT2D eigenvalue weighted by atomic mass is 10.3. The Hall–Kier alpha value is -1.33. The van der Waals surface area contributed by atoms with Gasteiger partial charge in [-0.25, -0.2) is 9.37 Å². The average molecular weight is 244 g/mol. The van der Waals surface area contributed by atoms with Gasteiger partial charge in [0.05, 0.1) is 16.9 Å². The van der Waals surface area contributed by atoms with Crippen LogP contribution in [0.3, 0.4) is 0 Å². The zero-order chi connectivity index (χ0) is 10.8. The highest BCUT2D eigenvalue weighted by molar-refractivity contribution is 7.19. The third-order valence-electron chi connectivity index (χ3n) is 1.69. The van der Waals surface area contributed by atoms with Crippen LogP contribution in [0.5, 0.6) is 0 Å². The van der Waals surface area contributed by atoms with Crippen LogP contribution in [0.15, 0.2) is 24.4 Å². The van der Waals surface area contributed by atoms with Gasteiger partial charge in [0.25, 0.3) is 0 Å². The maximum absolute atomic E-state index is 12.9. The Labute approximate surface area is 94.7 Å². The van der Waals surface area contributed by atoms with E-state index in [1.165, 1.54) is 35.7 Å². The summed E-state index contributed by atoms with van der Waals surface area (Å²) in [6.07, 6.45) is 1.53. The highest BCUT2D eigenvalue weighted by Crippen LogP contribution is 2.28. The van der Waals surface area contributed by atoms with E-state index in [1.807, 2.05) is 0 Å². The van der Waals surface area contributed by atoms with Crippen molar-refractivity contribution >= 4 is 38.8 Å². The number of rotatable bonds is 2. The van der Waals surface area contributed by atoms with Crippen LogP contribution in [-0.2, 0) is 0 Å². The number of halogens is 2. The van der Waals surface area contributed by atoms with E-state index in [9.17, 15) is 4.39 Å². The number of nitrogens with two attached hydrogens (primary N) is 1. The highest BCUT2D eigenvalue weighted by Gasteiger charge is 2.04. The van der Waals surface area contributed by atoms with Gasteiger partial charge in [-0.1, -0.05) is 22.9 Å². The highest BCUT2D eigenvalue weighted by atomic mass is 35.5. The second kappa shape index (κ2) is 4.04. The van der Waals surface area contributed by atoms with Crippen molar-refractivity contribution in [2.75, 3.05) is 11.1 Å². The number of nitrogens with zero attached hydrogens (tertiary/aromatic N) is 1. The molecule has 6 heteroatoms. The lowest BCUT2D eigenvalue weighted by molar-refractivity contribution is 0.628. The molecule has 3 nitrogen and oxygen atoms in total. The molecular formula is C9H7ClFN3S. The minimum atomic E-state index is -0.355. The van der Waals surface area contributed by atoms with Crippen molar-refractivity contribution in [1.29, 1.82) is 0 Å². The van der Waals surface area contributed by atoms with Crippen LogP contribution in [0.1, 0.15) is 0 Å². The summed E-state index contributed by atoms with van der Waals surface area (Å²) in [6.45, 7) is 0. The Kier molecular flexibility index (Phi) is 2.75. The van der Waals surface area contributed by atoms with Crippen LogP contribution in [-0.4, -0.2) is 4.98 Å². The van der Waals surface area contributed by atoms with Gasteiger partial charge in [0.2, 0.25) is 0 Å². The fraction of sp³-hybridized carbons (Fsp3) is 0. The predicted octanol–water partition coefficient (Wildman–Crippen LogP) is 3.26. The van der Waals surface area contributed by atoms with Gasteiger partial charge in [-0.2, -0.15) is 0 Å². The van der Waals surface area contributed by atoms with Gasteiger partial charge < -0.3 is 11.1 Å². The van der Waals surface area contributed by atoms with E-state index in [1.54, 1.807) is 0 Å². The van der Waals surface area contributed by atoms with Crippen LogP contribution in [0.25, 0.3) is 0 Å². The molecule has 78 valence electrons. The first kappa shape index (κ1) is 10.2. The quantitative estimate of drug-likeness (QED) is 0.851. The molecule has 0 spiro atoms. The molecule has 0 amide bonds. The summed E-state index contributed by atoms with van der Waals surface area (Å²) in [5.74, 6) is -0.355. The molecule has 0 aliphatic heterocycles. The van der Waals surface area contributed by atoms with E-state index < -0.39 is 0 Å². The molecule has 0 fully saturated rings. The first-order valence-corrected chi connectivity index (χ1v) is 5.28. The maximum Gasteiger partial charge on any atom is 0.189 e. The van der Waals surface area contributed by atoms with Crippen molar-refractivity contribution in [3.8, 4) is 0 Å². The summed E-state index contributed by atoms with van der Waals surface area (Å²) in [7, 11) is 0. The number of nitrogens with one attached hydrogen (secondary N) is 1. The number of anilines is 3. The number of hydrogen-bond acceptors (Lipinski definition) is 4. The molecule has 15 heavy (non-hydrogen) atoms. The van der Waals surface area contributed by atoms with E-state index in [-0.39, 0.29) is 5.82 Å². The molecular weight excluding hydrogens is 237 g/mol. The topological polar surface area (TPSA) is 50.9 Å². The lowest BCUT2D eigenvalue weighted by Gasteiger charge is -2.04. The Morgan fingerprint density at radius 2 is 2.27 bits per heavy atom. The lowest BCUT2D eigenvalue weighted by Crippen LogP contribution is -1.90. The van der Waals surface area contributed by atoms with Crippen molar-refractivity contribution < 1.29 is 4.39 Å². The van der Waals surface area contributed by atoms with Crippen molar-refractivity contribution in [1.82, 2.24) is 4.98 Å². The second-order valence-corrected chi connectivity index (χ2v) is 4.29. The van der Waals surface area contributed by atoms with Crippen LogP contribution in [0.2, 0.25) is 5.02 Å². The molecule has 1 heterocycles. The summed E-state index contributed by atoms with van der Waals surface area (Å²) in [5.41, 5.74) is 5.99. The van der Waals surface area contributed by atoms with E-state index in [4.69, 9.17) is 17.3 Å². The molecule has 3 N–H and O–H groups in total. The molecule has 2 rings (SSSR count). The van der Waals surface area contributed by atoms with E-state index in [0.717, 1.165) is 0 Å². The smallest absolute Gasteiger partial charge is 0.189 e. The summed E-state index contributed by atoms with van der Waals surface area (Å²) >= 11 is 7.14. The standard InChI is InChI=1S/C9H7ClFN3S/c10-6-2-1-5(11)3-7(6)14-9-13-4-8(12)15-9/h1-4H,12H2,(H,13,14). The summed E-state index contributed by atoms with van der Waals surface area (Å²) < 4.78 is 12.9. The van der Waals surface area contributed by atoms with Gasteiger partial charge in [0, 0.05) is 0 Å². The van der Waals surface area contributed by atoms with Crippen LogP contribution < -0.4 is 11.1 Å². The zero-order valence-corrected chi connectivity index (χ0v) is 9.07. The number of hydrogen-bond donors (Lipinski definition) is 2. The second-order valence-electron chi connectivity index (χ2n) is 2.82. The Morgan fingerprint density at radius 3 is 2.93 bits per heavy atom. The zero-order valence-electron chi connectivity index (χ0n) is 7.50. The summed E-state index contributed by atoms with van der Waals surface area (Å²) in [6, 6.07) is 4.08. The van der Waals surface area contributed by atoms with E-state index >= 15 is 0 Å². The minimum Gasteiger partial charge on any atom is -0.389 e. The van der Waals surface area contributed by atoms with Gasteiger partial charge in [-0.15, -0.1) is 0 Å². The number of benzene rings is 1. The third kappa shape index (κ3) is 2.37. The molecule has 0 saturated heterocycles. The molecule has 0 atom stereocenters. The van der Waals surface area contributed by atoms with E-state index in [0.29, 0.717) is 20.8 Å². The summed E-state index contributed by atoms with van der Waals surface area (Å²) in [4.78, 5) is 3.98. The first-order valence-electron chi connectivity index (χ1n) is 4.08. The Balaban J connectivity index is 2.27. The van der Waals surface area contributed by atoms with Gasteiger partial charge in [-0.05, 0) is 18.2 Å². The molecule has 0 bridgehead atoms. The Morgan fingerprint density at radius 1 is 1.47 bits per heavy atom. The van der Waals surface area contributed by atoms with Gasteiger partial charge >= 0.3 is 0 Å². The van der Waals surface area contributed by atoms with Crippen molar-refractivity contribution in [2.24, 2.45) is 0 Å². The maximum atomic E-state index is 12.9. The average Bonchev–Trinajstić information content (AvgIpc) is 2.58. The Bertz CT molecular complexity index is 486. The minimum absolute atomic E-state index is 0.355. The fourth-order valence-electron chi connectivity index (χ4n) is 1.05. The van der Waals surface area contributed by atoms with Gasteiger partial charge in [-0.3, -0.25) is 0 Å². The van der Waals surface area contributed by atoms with Crippen LogP contribution in [0, 0.1) is 5.82 Å². The molecule has 0 aliphatic rings. The van der Waals surface area contributed by atoms with Crippen LogP contribution in [0.4, 0.5) is 20.2 Å². The number of nitrogen functional groups attached to an aromatic ring is 1. The molecule has 1 aromatic carbocycles. The molecule has 2 aromatic rings. The van der Waals surface area contributed by atoms with E-state index in [2.05, 4.69) is 10.3 Å². The molecule has 0 aliphatic carbocycles. The number of aromatic nitrogens is 1. The molecule has 0 radical (unpaired) electrons. The summed E-state index contributed by atoms with van der Waals surface area (Å²) in [5, 5.41) is 4.50. The van der Waals surface area contributed by atoms with Crippen LogP contribution >= 0.6 is 22.9 Å². The predicted molar refractivity (Wildman–Crippen MR) is 61.2 cm³/mol. The van der Waals surface area contributed by atoms with Crippen molar-refractivity contribution in [3.05, 3.63) is 35.2 Å². The fourth-order valence-corrected chi connectivity index (χ4v) is 1.81. The molecule has 0 unspecified atom stereocenters. The third-order valence-corrected chi connectivity index (χ3v) is 2.77. The van der Waals surface area contributed by atoms with Gasteiger partial charge in [0.1, 0.15) is 10.8 Å².